The summed E-state index contributed by atoms with van der Waals surface area (Å²) in [7, 11) is 0. The first-order chi connectivity index (χ1) is 26.8. The maximum atomic E-state index is 10.8. The van der Waals surface area contributed by atoms with E-state index >= 15 is 0 Å². The molecule has 0 amide bonds. The van der Waals surface area contributed by atoms with Crippen molar-refractivity contribution in [3.63, 3.8) is 0 Å². The highest BCUT2D eigenvalue weighted by Gasteiger charge is 2.24. The highest BCUT2D eigenvalue weighted by atomic mass is 16.3. The summed E-state index contributed by atoms with van der Waals surface area (Å²) >= 11 is 0. The van der Waals surface area contributed by atoms with E-state index in [0.29, 0.717) is 22.3 Å². The summed E-state index contributed by atoms with van der Waals surface area (Å²) < 4.78 is 8.71. The predicted octanol–water partition coefficient (Wildman–Crippen LogP) is 11.6. The summed E-state index contributed by atoms with van der Waals surface area (Å²) in [6, 6.07) is 46.3. The van der Waals surface area contributed by atoms with Crippen LogP contribution in [0.4, 0.5) is 0 Å². The van der Waals surface area contributed by atoms with Gasteiger partial charge in [-0.3, -0.25) is 0 Å². The van der Waals surface area contributed by atoms with Gasteiger partial charge in [-0.15, -0.1) is 0 Å². The van der Waals surface area contributed by atoms with Crippen LogP contribution in [0.1, 0.15) is 12.7 Å². The smallest absolute Gasteiger partial charge is 0.171 e. The molecule has 6 aromatic carbocycles. The van der Waals surface area contributed by atoms with E-state index in [2.05, 4.69) is 100.0 Å². The Balaban J connectivity index is 1.21. The molecule has 9 heteroatoms. The number of allylic oxidation sites excluding steroid dienone is 2. The quantitative estimate of drug-likeness (QED) is 0.0943. The second kappa shape index (κ2) is 13.1. The van der Waals surface area contributed by atoms with Crippen molar-refractivity contribution in [2.75, 3.05) is 0 Å². The van der Waals surface area contributed by atoms with Crippen LogP contribution >= 0.6 is 0 Å². The van der Waals surface area contributed by atoms with Gasteiger partial charge in [-0.05, 0) is 60.5 Å². The fraction of sp³-hybridized carbons (Fsp3) is 0.0217. The molecule has 0 atom stereocenters. The van der Waals surface area contributed by atoms with Crippen LogP contribution in [0.15, 0.2) is 174 Å². The lowest BCUT2D eigenvalue weighted by molar-refractivity contribution is 0.318. The van der Waals surface area contributed by atoms with Gasteiger partial charge in [0, 0.05) is 38.4 Å². The maximum absolute atomic E-state index is 10.8. The van der Waals surface area contributed by atoms with Gasteiger partial charge in [0.1, 0.15) is 22.5 Å². The lowest BCUT2D eigenvalue weighted by Crippen LogP contribution is -2.08. The number of fused-ring (bicyclic) bond motifs is 6. The van der Waals surface area contributed by atoms with Crippen LogP contribution < -0.4 is 0 Å². The van der Waals surface area contributed by atoms with Crippen molar-refractivity contribution < 1.29 is 24.8 Å². The molecule has 9 nitrogen and oxygen atoms in total. The first-order valence-corrected chi connectivity index (χ1v) is 17.5. The second-order valence-electron chi connectivity index (χ2n) is 13.2. The van der Waals surface area contributed by atoms with Crippen molar-refractivity contribution in [2.24, 2.45) is 0 Å². The molecule has 0 fully saturated rings. The van der Waals surface area contributed by atoms with Gasteiger partial charge in [0.25, 0.3) is 0 Å². The minimum absolute atomic E-state index is 0.196. The summed E-state index contributed by atoms with van der Waals surface area (Å²) in [6.07, 6.45) is 0. The van der Waals surface area contributed by atoms with Crippen LogP contribution in [-0.4, -0.2) is 39.9 Å². The molecule has 266 valence electrons. The van der Waals surface area contributed by atoms with E-state index in [9.17, 15) is 20.4 Å². The van der Waals surface area contributed by atoms with Gasteiger partial charge in [0.05, 0.1) is 11.0 Å². The van der Waals surface area contributed by atoms with Crippen molar-refractivity contribution in [1.29, 1.82) is 0 Å². The number of hydrogen-bond donors (Lipinski definition) is 4. The van der Waals surface area contributed by atoms with E-state index in [4.69, 9.17) is 9.40 Å². The largest absolute Gasteiger partial charge is 0.509 e. The summed E-state index contributed by atoms with van der Waals surface area (Å²) in [5.74, 6) is -2.56. The van der Waals surface area contributed by atoms with Gasteiger partial charge < -0.3 is 29.4 Å². The third-order valence-electron chi connectivity index (χ3n) is 9.73. The minimum Gasteiger partial charge on any atom is -0.509 e. The zero-order valence-electron chi connectivity index (χ0n) is 29.5. The Morgan fingerprint density at radius 3 is 1.96 bits per heavy atom. The average Bonchev–Trinajstić information content (AvgIpc) is 3.76. The van der Waals surface area contributed by atoms with Crippen LogP contribution in [0.2, 0.25) is 0 Å². The van der Waals surface area contributed by atoms with Gasteiger partial charge >= 0.3 is 0 Å². The van der Waals surface area contributed by atoms with Gasteiger partial charge in [0.15, 0.2) is 34.8 Å². The number of benzene rings is 6. The van der Waals surface area contributed by atoms with Crippen LogP contribution in [0.25, 0.3) is 88.9 Å². The fourth-order valence-electron chi connectivity index (χ4n) is 7.18. The van der Waals surface area contributed by atoms with Gasteiger partial charge in [0.2, 0.25) is 0 Å². The summed E-state index contributed by atoms with van der Waals surface area (Å²) in [4.78, 5) is 13.8. The van der Waals surface area contributed by atoms with E-state index in [1.165, 1.54) is 17.9 Å². The lowest BCUT2D eigenvalue weighted by Gasteiger charge is -2.12. The van der Waals surface area contributed by atoms with Crippen LogP contribution in [0.5, 0.6) is 0 Å². The van der Waals surface area contributed by atoms with Crippen LogP contribution in [0, 0.1) is 0 Å². The first-order valence-electron chi connectivity index (χ1n) is 17.5. The zero-order chi connectivity index (χ0) is 37.8. The lowest BCUT2D eigenvalue weighted by atomic mass is 9.99. The Labute approximate surface area is 314 Å². The van der Waals surface area contributed by atoms with Gasteiger partial charge in [-0.1, -0.05) is 104 Å². The Morgan fingerprint density at radius 1 is 0.564 bits per heavy atom. The third-order valence-corrected chi connectivity index (χ3v) is 9.73. The molecule has 0 saturated heterocycles. The van der Waals surface area contributed by atoms with Crippen LogP contribution in [-0.2, 0) is 0 Å². The van der Waals surface area contributed by atoms with Crippen molar-refractivity contribution >= 4 is 49.3 Å². The van der Waals surface area contributed by atoms with E-state index in [-0.39, 0.29) is 17.5 Å². The third kappa shape index (κ3) is 5.62. The topological polar surface area (TPSA) is 138 Å². The standard InChI is InChI=1S/C46H32N4O5/c1-26(51)42(53)41(43(54)27(2)52)46-48-44(29-14-7-4-8-15-29)47-45(49-46)30-20-22-33-35-25-31(21-23-38(35)55-39(33)24-30)50-36-18-10-9-16-34(36)40-32(17-11-19-37(40)50)28-12-5-3-6-13-28/h3-25,51-54H,1H2,2H3/b42-41-,43-27-. The fourth-order valence-corrected chi connectivity index (χ4v) is 7.18. The predicted molar refractivity (Wildman–Crippen MR) is 217 cm³/mol. The van der Waals surface area contributed by atoms with E-state index in [1.54, 1.807) is 0 Å². The molecule has 4 N–H and O–H groups in total. The maximum Gasteiger partial charge on any atom is 0.171 e. The van der Waals surface area contributed by atoms with Crippen molar-refractivity contribution in [3.8, 4) is 39.6 Å². The highest BCUT2D eigenvalue weighted by molar-refractivity contribution is 6.16. The molecule has 3 aromatic heterocycles. The average molecular weight is 721 g/mol. The second-order valence-corrected chi connectivity index (χ2v) is 13.2. The molecule has 0 aliphatic heterocycles. The Bertz CT molecular complexity index is 3050. The molecule has 3 heterocycles. The molecule has 0 bridgehead atoms. The summed E-state index contributed by atoms with van der Waals surface area (Å²) in [6.45, 7) is 4.60. The van der Waals surface area contributed by atoms with Crippen molar-refractivity contribution in [1.82, 2.24) is 19.5 Å². The van der Waals surface area contributed by atoms with E-state index < -0.39 is 28.6 Å². The molecule has 9 aromatic rings. The number of hydrogen-bond acceptors (Lipinski definition) is 8. The molecule has 0 saturated carbocycles. The van der Waals surface area contributed by atoms with E-state index in [0.717, 1.165) is 38.4 Å². The molecule has 0 radical (unpaired) electrons. The molecular weight excluding hydrogens is 689 g/mol. The molecule has 0 aliphatic carbocycles. The summed E-state index contributed by atoms with van der Waals surface area (Å²) in [5.41, 5.74) is 7.59. The van der Waals surface area contributed by atoms with Gasteiger partial charge in [-0.25, -0.2) is 15.0 Å². The van der Waals surface area contributed by atoms with E-state index in [1.807, 2.05) is 60.7 Å². The SMILES string of the molecule is C=C(O)/C(O)=C(\C(O)=C(/C)O)c1nc(-c2ccccc2)nc(-c2ccc3c(c2)oc2ccc(-n4c5ccccc5c5c(-c6ccccc6)cccc54)cc23)n1. The molecule has 0 aliphatic rings. The Kier molecular flexibility index (Phi) is 7.90. The minimum atomic E-state index is -0.801. The number of nitrogens with zero attached hydrogens (tertiary/aromatic N) is 4. The number of aliphatic hydroxyl groups is 4. The van der Waals surface area contributed by atoms with Crippen molar-refractivity contribution in [3.05, 3.63) is 175 Å². The first kappa shape index (κ1) is 33.2. The Hall–Kier alpha value is -7.65. The molecule has 0 unspecified atom stereocenters. The molecule has 9 rings (SSSR count). The monoisotopic (exact) mass is 720 g/mol. The number of para-hydroxylation sites is 1. The summed E-state index contributed by atoms with van der Waals surface area (Å²) in [5, 5.41) is 46.0. The number of rotatable bonds is 7. The number of furan rings is 1. The van der Waals surface area contributed by atoms with Crippen molar-refractivity contribution in [2.45, 2.75) is 6.92 Å². The molecule has 55 heavy (non-hydrogen) atoms. The molecule has 0 spiro atoms. The highest BCUT2D eigenvalue weighted by Crippen LogP contribution is 2.40. The van der Waals surface area contributed by atoms with Crippen LogP contribution in [0.3, 0.4) is 0 Å². The number of aliphatic hydroxyl groups excluding tert-OH is 4. The van der Waals surface area contributed by atoms with Gasteiger partial charge in [-0.2, -0.15) is 0 Å². The zero-order valence-corrected chi connectivity index (χ0v) is 29.5. The molecular formula is C46H32N4O5. The number of aromatic nitrogens is 4. The normalized spacial score (nSPS) is 12.7. The Morgan fingerprint density at radius 2 is 1.24 bits per heavy atom.